The van der Waals surface area contributed by atoms with Crippen molar-refractivity contribution in [2.24, 2.45) is 7.05 Å². The third-order valence-electron chi connectivity index (χ3n) is 3.42. The molecule has 0 aliphatic heterocycles. The van der Waals surface area contributed by atoms with Crippen LogP contribution in [0.3, 0.4) is 0 Å². The quantitative estimate of drug-likeness (QED) is 0.907. The summed E-state index contributed by atoms with van der Waals surface area (Å²) in [5, 5.41) is 10.4. The number of aromatic nitrogens is 2. The third kappa shape index (κ3) is 3.53. The number of carbonyl (C=O) groups is 1. The molecule has 0 saturated heterocycles. The monoisotopic (exact) mass is 288 g/mol. The first-order chi connectivity index (χ1) is 10.0. The molecular formula is C15H20N4O2. The van der Waals surface area contributed by atoms with Gasteiger partial charge in [-0.25, -0.2) is 4.79 Å². The van der Waals surface area contributed by atoms with E-state index in [2.05, 4.69) is 20.5 Å². The molecule has 2 rings (SSSR count). The summed E-state index contributed by atoms with van der Waals surface area (Å²) in [6, 6.07) is 7.49. The molecular weight excluding hydrogens is 268 g/mol. The maximum absolute atomic E-state index is 11.2. The van der Waals surface area contributed by atoms with E-state index in [4.69, 9.17) is 0 Å². The molecule has 21 heavy (non-hydrogen) atoms. The molecule has 1 aromatic heterocycles. The van der Waals surface area contributed by atoms with Crippen LogP contribution in [0.25, 0.3) is 0 Å². The normalized spacial score (nSPS) is 10.3. The largest absolute Gasteiger partial charge is 0.453 e. The predicted molar refractivity (Wildman–Crippen MR) is 82.5 cm³/mol. The predicted octanol–water partition coefficient (Wildman–Crippen LogP) is 2.83. The summed E-state index contributed by atoms with van der Waals surface area (Å²) in [6.45, 7) is 4.73. The lowest BCUT2D eigenvalue weighted by molar-refractivity contribution is 0.187. The third-order valence-corrected chi connectivity index (χ3v) is 3.42. The zero-order valence-corrected chi connectivity index (χ0v) is 12.7. The van der Waals surface area contributed by atoms with Crippen LogP contribution in [0.2, 0.25) is 0 Å². The van der Waals surface area contributed by atoms with Crippen LogP contribution < -0.4 is 10.6 Å². The Hall–Kier alpha value is -2.50. The van der Waals surface area contributed by atoms with Gasteiger partial charge in [0.2, 0.25) is 0 Å². The van der Waals surface area contributed by atoms with Crippen LogP contribution in [-0.4, -0.2) is 23.0 Å². The molecule has 0 spiro atoms. The number of hydrogen-bond acceptors (Lipinski definition) is 4. The Morgan fingerprint density at radius 3 is 2.67 bits per heavy atom. The lowest BCUT2D eigenvalue weighted by Gasteiger charge is -2.09. The molecule has 2 aromatic rings. The van der Waals surface area contributed by atoms with Gasteiger partial charge in [0.1, 0.15) is 0 Å². The van der Waals surface area contributed by atoms with Crippen LogP contribution in [0.5, 0.6) is 0 Å². The Kier molecular flexibility index (Phi) is 4.47. The number of ether oxygens (including phenoxy) is 1. The summed E-state index contributed by atoms with van der Waals surface area (Å²) in [5.41, 5.74) is 4.96. The zero-order valence-electron chi connectivity index (χ0n) is 12.7. The van der Waals surface area contributed by atoms with Gasteiger partial charge in [-0.05, 0) is 32.0 Å². The molecule has 0 saturated carbocycles. The van der Waals surface area contributed by atoms with Crippen molar-refractivity contribution in [2.75, 3.05) is 17.7 Å². The van der Waals surface area contributed by atoms with E-state index in [0.29, 0.717) is 12.2 Å². The van der Waals surface area contributed by atoms with Crippen molar-refractivity contribution in [1.82, 2.24) is 9.78 Å². The van der Waals surface area contributed by atoms with Crippen molar-refractivity contribution in [1.29, 1.82) is 0 Å². The Morgan fingerprint density at radius 1 is 1.33 bits per heavy atom. The first-order valence-electron chi connectivity index (χ1n) is 6.69. The van der Waals surface area contributed by atoms with Crippen LogP contribution in [0.1, 0.15) is 17.0 Å². The number of carbonyl (C=O) groups excluding carboxylic acids is 1. The molecule has 2 N–H and O–H groups in total. The van der Waals surface area contributed by atoms with Gasteiger partial charge < -0.3 is 10.1 Å². The van der Waals surface area contributed by atoms with Crippen LogP contribution >= 0.6 is 0 Å². The minimum Gasteiger partial charge on any atom is -0.453 e. The van der Waals surface area contributed by atoms with Gasteiger partial charge in [0.05, 0.1) is 12.8 Å². The molecule has 6 nitrogen and oxygen atoms in total. The van der Waals surface area contributed by atoms with Gasteiger partial charge in [0.15, 0.2) is 0 Å². The fourth-order valence-electron chi connectivity index (χ4n) is 2.14. The van der Waals surface area contributed by atoms with Crippen molar-refractivity contribution in [3.8, 4) is 0 Å². The highest BCUT2D eigenvalue weighted by molar-refractivity contribution is 5.85. The van der Waals surface area contributed by atoms with E-state index in [1.807, 2.05) is 49.8 Å². The highest BCUT2D eigenvalue weighted by atomic mass is 16.5. The van der Waals surface area contributed by atoms with Gasteiger partial charge in [-0.2, -0.15) is 5.10 Å². The number of nitrogens with zero attached hydrogens (tertiary/aromatic N) is 2. The summed E-state index contributed by atoms with van der Waals surface area (Å²) in [4.78, 5) is 11.2. The molecule has 0 aliphatic rings. The molecule has 0 atom stereocenters. The molecule has 0 bridgehead atoms. The number of amides is 1. The summed E-state index contributed by atoms with van der Waals surface area (Å²) in [7, 11) is 3.28. The number of hydrogen-bond donors (Lipinski definition) is 2. The van der Waals surface area contributed by atoms with Crippen LogP contribution in [0.15, 0.2) is 24.3 Å². The molecule has 0 unspecified atom stereocenters. The van der Waals surface area contributed by atoms with Gasteiger partial charge in [-0.3, -0.25) is 10.00 Å². The summed E-state index contributed by atoms with van der Waals surface area (Å²) in [6.07, 6.45) is -0.480. The summed E-state index contributed by atoms with van der Waals surface area (Å²) >= 11 is 0. The smallest absolute Gasteiger partial charge is 0.411 e. The van der Waals surface area contributed by atoms with E-state index < -0.39 is 6.09 Å². The molecule has 0 radical (unpaired) electrons. The van der Waals surface area contributed by atoms with Crippen molar-refractivity contribution in [3.63, 3.8) is 0 Å². The molecule has 1 heterocycles. The molecule has 1 amide bonds. The average molecular weight is 288 g/mol. The Morgan fingerprint density at radius 2 is 2.05 bits per heavy atom. The molecule has 1 aromatic carbocycles. The fraction of sp³-hybridized carbons (Fsp3) is 0.333. The maximum Gasteiger partial charge on any atom is 0.411 e. The van der Waals surface area contributed by atoms with Crippen molar-refractivity contribution in [3.05, 3.63) is 41.2 Å². The highest BCUT2D eigenvalue weighted by Crippen LogP contribution is 2.18. The second-order valence-corrected chi connectivity index (χ2v) is 4.82. The van der Waals surface area contributed by atoms with Gasteiger partial charge in [0.25, 0.3) is 0 Å². The van der Waals surface area contributed by atoms with E-state index in [1.165, 1.54) is 12.7 Å². The van der Waals surface area contributed by atoms with E-state index in [9.17, 15) is 4.79 Å². The highest BCUT2D eigenvalue weighted by Gasteiger charge is 2.09. The lowest BCUT2D eigenvalue weighted by atomic mass is 10.2. The molecule has 0 aliphatic carbocycles. The van der Waals surface area contributed by atoms with E-state index >= 15 is 0 Å². The van der Waals surface area contributed by atoms with Crippen molar-refractivity contribution >= 4 is 17.5 Å². The number of nitrogens with one attached hydrogen (secondary N) is 2. The number of rotatable bonds is 4. The first-order valence-corrected chi connectivity index (χ1v) is 6.69. The topological polar surface area (TPSA) is 68.2 Å². The maximum atomic E-state index is 11.2. The zero-order chi connectivity index (χ0) is 15.4. The van der Waals surface area contributed by atoms with Crippen LogP contribution in [-0.2, 0) is 18.3 Å². The summed E-state index contributed by atoms with van der Waals surface area (Å²) in [5.74, 6) is 0. The van der Waals surface area contributed by atoms with Crippen molar-refractivity contribution < 1.29 is 9.53 Å². The Labute approximate surface area is 124 Å². The molecule has 6 heteroatoms. The number of methoxy groups -OCH3 is 1. The fourth-order valence-corrected chi connectivity index (χ4v) is 2.14. The van der Waals surface area contributed by atoms with E-state index in [-0.39, 0.29) is 0 Å². The van der Waals surface area contributed by atoms with Gasteiger partial charge in [-0.1, -0.05) is 6.07 Å². The van der Waals surface area contributed by atoms with Gasteiger partial charge in [0, 0.05) is 36.2 Å². The second-order valence-electron chi connectivity index (χ2n) is 4.82. The van der Waals surface area contributed by atoms with Crippen LogP contribution in [0.4, 0.5) is 16.2 Å². The average Bonchev–Trinajstić information content (AvgIpc) is 2.70. The number of aryl methyl sites for hydroxylation is 2. The van der Waals surface area contributed by atoms with Gasteiger partial charge in [-0.15, -0.1) is 0 Å². The Balaban J connectivity index is 2.06. The SMILES string of the molecule is COC(=O)Nc1cccc(NCc2c(C)nn(C)c2C)c1. The standard InChI is InChI=1S/C15H20N4O2/c1-10-14(11(2)19(3)18-10)9-16-12-6-5-7-13(8-12)17-15(20)21-4/h5-8,16H,9H2,1-4H3,(H,17,20). The first kappa shape index (κ1) is 14.9. The summed E-state index contributed by atoms with van der Waals surface area (Å²) < 4.78 is 6.45. The minimum atomic E-state index is -0.480. The number of anilines is 2. The second kappa shape index (κ2) is 6.30. The Bertz CT molecular complexity index is 649. The van der Waals surface area contributed by atoms with Gasteiger partial charge >= 0.3 is 6.09 Å². The lowest BCUT2D eigenvalue weighted by Crippen LogP contribution is -2.11. The minimum absolute atomic E-state index is 0.480. The number of benzene rings is 1. The molecule has 0 fully saturated rings. The van der Waals surface area contributed by atoms with E-state index in [0.717, 1.165) is 17.1 Å². The van der Waals surface area contributed by atoms with Crippen molar-refractivity contribution in [2.45, 2.75) is 20.4 Å². The van der Waals surface area contributed by atoms with E-state index in [1.54, 1.807) is 0 Å². The molecule has 112 valence electrons. The van der Waals surface area contributed by atoms with Crippen LogP contribution in [0, 0.1) is 13.8 Å².